The van der Waals surface area contributed by atoms with Gasteiger partial charge in [-0.05, 0) is 29.6 Å². The quantitative estimate of drug-likeness (QED) is 0.712. The molecular formula is C14H12N2O4S2. The van der Waals surface area contributed by atoms with Gasteiger partial charge in [0, 0.05) is 6.26 Å². The summed E-state index contributed by atoms with van der Waals surface area (Å²) in [4.78, 5) is 5.34. The minimum Gasteiger partial charge on any atom is -0.484 e. The van der Waals surface area contributed by atoms with Gasteiger partial charge in [0.2, 0.25) is 5.82 Å². The SMILES string of the molecule is CS(=O)(=O)c1cccc(OCc2nc(-c3cccs3)no2)c1. The molecule has 6 nitrogen and oxygen atoms in total. The summed E-state index contributed by atoms with van der Waals surface area (Å²) < 4.78 is 33.6. The number of nitrogens with zero attached hydrogens (tertiary/aromatic N) is 2. The lowest BCUT2D eigenvalue weighted by molar-refractivity contribution is 0.242. The Morgan fingerprint density at radius 1 is 1.27 bits per heavy atom. The molecule has 0 saturated carbocycles. The predicted octanol–water partition coefficient (Wildman–Crippen LogP) is 2.78. The zero-order valence-corrected chi connectivity index (χ0v) is 13.2. The molecule has 22 heavy (non-hydrogen) atoms. The van der Waals surface area contributed by atoms with Crippen molar-refractivity contribution in [1.82, 2.24) is 10.1 Å². The van der Waals surface area contributed by atoms with E-state index in [1.165, 1.54) is 23.5 Å². The number of sulfone groups is 1. The molecule has 0 N–H and O–H groups in total. The van der Waals surface area contributed by atoms with E-state index in [9.17, 15) is 8.42 Å². The summed E-state index contributed by atoms with van der Waals surface area (Å²) in [6.07, 6.45) is 1.15. The second-order valence-electron chi connectivity index (χ2n) is 4.52. The fraction of sp³-hybridized carbons (Fsp3) is 0.143. The van der Waals surface area contributed by atoms with E-state index in [1.807, 2.05) is 17.5 Å². The van der Waals surface area contributed by atoms with Crippen LogP contribution in [0.25, 0.3) is 10.7 Å². The van der Waals surface area contributed by atoms with Crippen molar-refractivity contribution >= 4 is 21.2 Å². The van der Waals surface area contributed by atoms with E-state index in [-0.39, 0.29) is 11.5 Å². The first-order chi connectivity index (χ1) is 10.5. The Bertz CT molecular complexity index is 870. The van der Waals surface area contributed by atoms with Crippen molar-refractivity contribution in [2.75, 3.05) is 6.26 Å². The zero-order chi connectivity index (χ0) is 15.6. The molecule has 3 rings (SSSR count). The molecule has 0 saturated heterocycles. The van der Waals surface area contributed by atoms with Crippen LogP contribution in [0.4, 0.5) is 0 Å². The third-order valence-corrected chi connectivity index (χ3v) is 4.78. The monoisotopic (exact) mass is 336 g/mol. The highest BCUT2D eigenvalue weighted by atomic mass is 32.2. The fourth-order valence-corrected chi connectivity index (χ4v) is 3.06. The number of aromatic nitrogens is 2. The van der Waals surface area contributed by atoms with E-state index in [4.69, 9.17) is 9.26 Å². The molecule has 0 fully saturated rings. The average molecular weight is 336 g/mol. The lowest BCUT2D eigenvalue weighted by Gasteiger charge is -2.04. The van der Waals surface area contributed by atoms with Crippen molar-refractivity contribution in [2.24, 2.45) is 0 Å². The molecule has 0 aliphatic heterocycles. The predicted molar refractivity (Wildman–Crippen MR) is 81.5 cm³/mol. The maximum absolute atomic E-state index is 11.5. The van der Waals surface area contributed by atoms with Crippen LogP contribution in [0.15, 0.2) is 51.2 Å². The van der Waals surface area contributed by atoms with Gasteiger partial charge in [-0.15, -0.1) is 11.3 Å². The van der Waals surface area contributed by atoms with Gasteiger partial charge in [-0.2, -0.15) is 4.98 Å². The highest BCUT2D eigenvalue weighted by Gasteiger charge is 2.11. The normalized spacial score (nSPS) is 11.5. The van der Waals surface area contributed by atoms with Gasteiger partial charge >= 0.3 is 0 Å². The van der Waals surface area contributed by atoms with Gasteiger partial charge in [0.05, 0.1) is 9.77 Å². The first-order valence-corrected chi connectivity index (χ1v) is 9.09. The molecule has 0 radical (unpaired) electrons. The second kappa shape index (κ2) is 5.90. The van der Waals surface area contributed by atoms with E-state index in [2.05, 4.69) is 10.1 Å². The lowest BCUT2D eigenvalue weighted by Crippen LogP contribution is -1.99. The first kappa shape index (κ1) is 14.7. The molecule has 8 heteroatoms. The van der Waals surface area contributed by atoms with Gasteiger partial charge in [-0.1, -0.05) is 17.3 Å². The van der Waals surface area contributed by atoms with Crippen LogP contribution in [0.2, 0.25) is 0 Å². The molecule has 3 aromatic rings. The Hall–Kier alpha value is -2.19. The van der Waals surface area contributed by atoms with Crippen LogP contribution in [0.3, 0.4) is 0 Å². The Balaban J connectivity index is 1.71. The van der Waals surface area contributed by atoms with Gasteiger partial charge < -0.3 is 9.26 Å². The second-order valence-corrected chi connectivity index (χ2v) is 7.49. The first-order valence-electron chi connectivity index (χ1n) is 6.32. The summed E-state index contributed by atoms with van der Waals surface area (Å²) in [5, 5.41) is 5.81. The van der Waals surface area contributed by atoms with Crippen LogP contribution in [0.5, 0.6) is 5.75 Å². The summed E-state index contributed by atoms with van der Waals surface area (Å²) in [5.41, 5.74) is 0. The molecule has 0 spiro atoms. The summed E-state index contributed by atoms with van der Waals surface area (Å²) >= 11 is 1.52. The summed E-state index contributed by atoms with van der Waals surface area (Å²) in [5.74, 6) is 1.27. The molecule has 0 unspecified atom stereocenters. The van der Waals surface area contributed by atoms with E-state index < -0.39 is 9.84 Å². The van der Waals surface area contributed by atoms with Crippen molar-refractivity contribution in [2.45, 2.75) is 11.5 Å². The molecular weight excluding hydrogens is 324 g/mol. The third kappa shape index (κ3) is 3.34. The van der Waals surface area contributed by atoms with E-state index in [0.29, 0.717) is 17.5 Å². The smallest absolute Gasteiger partial charge is 0.264 e. The van der Waals surface area contributed by atoms with Crippen LogP contribution >= 0.6 is 11.3 Å². The summed E-state index contributed by atoms with van der Waals surface area (Å²) in [6, 6.07) is 10.1. The van der Waals surface area contributed by atoms with Crippen LogP contribution in [0.1, 0.15) is 5.89 Å². The average Bonchev–Trinajstić information content (AvgIpc) is 3.15. The highest BCUT2D eigenvalue weighted by Crippen LogP contribution is 2.22. The molecule has 2 heterocycles. The van der Waals surface area contributed by atoms with Gasteiger partial charge in [-0.3, -0.25) is 0 Å². The summed E-state index contributed by atoms with van der Waals surface area (Å²) in [7, 11) is -3.26. The highest BCUT2D eigenvalue weighted by molar-refractivity contribution is 7.90. The molecule has 0 bridgehead atoms. The van der Waals surface area contributed by atoms with Crippen LogP contribution in [0, 0.1) is 0 Å². The van der Waals surface area contributed by atoms with Crippen LogP contribution < -0.4 is 4.74 Å². The Morgan fingerprint density at radius 2 is 2.14 bits per heavy atom. The zero-order valence-electron chi connectivity index (χ0n) is 11.6. The molecule has 2 aromatic heterocycles. The maximum Gasteiger partial charge on any atom is 0.264 e. The van der Waals surface area contributed by atoms with Crippen molar-refractivity contribution in [3.8, 4) is 16.5 Å². The van der Waals surface area contributed by atoms with Crippen molar-refractivity contribution in [3.63, 3.8) is 0 Å². The van der Waals surface area contributed by atoms with Gasteiger partial charge in [0.1, 0.15) is 5.75 Å². The summed E-state index contributed by atoms with van der Waals surface area (Å²) in [6.45, 7) is 0.0750. The van der Waals surface area contributed by atoms with E-state index in [0.717, 1.165) is 11.1 Å². The number of hydrogen-bond acceptors (Lipinski definition) is 7. The number of thiophene rings is 1. The lowest BCUT2D eigenvalue weighted by atomic mass is 10.3. The Kier molecular flexibility index (Phi) is 3.95. The van der Waals surface area contributed by atoms with Crippen LogP contribution in [-0.2, 0) is 16.4 Å². The minimum atomic E-state index is -3.26. The fourth-order valence-electron chi connectivity index (χ4n) is 1.76. The Labute approximate surface area is 131 Å². The minimum absolute atomic E-state index is 0.0750. The molecule has 1 aromatic carbocycles. The van der Waals surface area contributed by atoms with Crippen LogP contribution in [-0.4, -0.2) is 24.8 Å². The number of rotatable bonds is 5. The van der Waals surface area contributed by atoms with Crippen molar-refractivity contribution < 1.29 is 17.7 Å². The number of benzene rings is 1. The molecule has 114 valence electrons. The van der Waals surface area contributed by atoms with E-state index >= 15 is 0 Å². The Morgan fingerprint density at radius 3 is 2.86 bits per heavy atom. The molecule has 0 amide bonds. The standard InChI is InChI=1S/C14H12N2O4S2/c1-22(17,18)11-5-2-4-10(8-11)19-9-13-15-14(16-20-13)12-6-3-7-21-12/h2-8H,9H2,1H3. The van der Waals surface area contributed by atoms with E-state index in [1.54, 1.807) is 12.1 Å². The number of hydrogen-bond donors (Lipinski definition) is 0. The van der Waals surface area contributed by atoms with Crippen molar-refractivity contribution in [3.05, 3.63) is 47.7 Å². The van der Waals surface area contributed by atoms with Crippen molar-refractivity contribution in [1.29, 1.82) is 0 Å². The molecule has 0 aliphatic carbocycles. The van der Waals surface area contributed by atoms with Gasteiger partial charge in [-0.25, -0.2) is 8.42 Å². The van der Waals surface area contributed by atoms with Gasteiger partial charge in [0.25, 0.3) is 5.89 Å². The number of ether oxygens (including phenoxy) is 1. The maximum atomic E-state index is 11.5. The largest absolute Gasteiger partial charge is 0.484 e. The van der Waals surface area contributed by atoms with Gasteiger partial charge in [0.15, 0.2) is 16.4 Å². The third-order valence-electron chi connectivity index (χ3n) is 2.81. The molecule has 0 aliphatic rings. The topological polar surface area (TPSA) is 82.3 Å². The molecule has 0 atom stereocenters.